The number of aliphatic carboxylic acids is 1. The van der Waals surface area contributed by atoms with Crippen LogP contribution in [0.5, 0.6) is 5.75 Å². The van der Waals surface area contributed by atoms with E-state index < -0.39 is 18.0 Å². The number of hydrogen-bond acceptors (Lipinski definition) is 3. The maximum absolute atomic E-state index is 11.9. The van der Waals surface area contributed by atoms with Gasteiger partial charge in [0.25, 0.3) is 0 Å². The molecule has 19 heavy (non-hydrogen) atoms. The lowest BCUT2D eigenvalue weighted by atomic mass is 10.2. The van der Waals surface area contributed by atoms with E-state index in [9.17, 15) is 9.59 Å². The van der Waals surface area contributed by atoms with Gasteiger partial charge < -0.3 is 15.2 Å². The number of carboxylic acids is 1. The SMILES string of the molecule is CC[C@H](NC(=O)N(C)c1cccc(OC)c1)C(=O)O. The Morgan fingerprint density at radius 2 is 2.16 bits per heavy atom. The van der Waals surface area contributed by atoms with Crippen molar-refractivity contribution in [1.29, 1.82) is 0 Å². The lowest BCUT2D eigenvalue weighted by Crippen LogP contribution is -2.46. The maximum Gasteiger partial charge on any atom is 0.326 e. The number of amides is 2. The zero-order chi connectivity index (χ0) is 14.4. The average molecular weight is 266 g/mol. The molecular weight excluding hydrogens is 248 g/mol. The van der Waals surface area contributed by atoms with Gasteiger partial charge in [-0.05, 0) is 18.6 Å². The quantitative estimate of drug-likeness (QED) is 0.850. The van der Waals surface area contributed by atoms with Crippen LogP contribution in [0, 0.1) is 0 Å². The lowest BCUT2D eigenvalue weighted by molar-refractivity contribution is -0.139. The number of carbonyl (C=O) groups excluding carboxylic acids is 1. The number of benzene rings is 1. The van der Waals surface area contributed by atoms with Crippen LogP contribution in [0.4, 0.5) is 10.5 Å². The second-order valence-electron chi connectivity index (χ2n) is 4.01. The minimum atomic E-state index is -1.05. The first-order chi connectivity index (χ1) is 8.99. The molecule has 0 aromatic heterocycles. The number of carboxylic acid groups (broad SMARTS) is 1. The number of hydrogen-bond donors (Lipinski definition) is 2. The molecule has 0 radical (unpaired) electrons. The molecule has 0 saturated carbocycles. The van der Waals surface area contributed by atoms with Gasteiger partial charge in [0, 0.05) is 18.8 Å². The first kappa shape index (κ1) is 14.8. The number of rotatable bonds is 5. The average Bonchev–Trinajstić information content (AvgIpc) is 2.43. The largest absolute Gasteiger partial charge is 0.497 e. The number of ether oxygens (including phenoxy) is 1. The summed E-state index contributed by atoms with van der Waals surface area (Å²) >= 11 is 0. The highest BCUT2D eigenvalue weighted by Gasteiger charge is 2.20. The van der Waals surface area contributed by atoms with E-state index in [0.717, 1.165) is 0 Å². The van der Waals surface area contributed by atoms with Gasteiger partial charge >= 0.3 is 12.0 Å². The van der Waals surface area contributed by atoms with Gasteiger partial charge in [0.15, 0.2) is 0 Å². The fraction of sp³-hybridized carbons (Fsp3) is 0.385. The topological polar surface area (TPSA) is 78.9 Å². The first-order valence-corrected chi connectivity index (χ1v) is 5.90. The molecule has 0 unspecified atom stereocenters. The molecule has 104 valence electrons. The summed E-state index contributed by atoms with van der Waals surface area (Å²) in [5, 5.41) is 11.4. The van der Waals surface area contributed by atoms with Crippen molar-refractivity contribution < 1.29 is 19.4 Å². The van der Waals surface area contributed by atoms with E-state index in [2.05, 4.69) is 5.32 Å². The molecule has 6 heteroatoms. The fourth-order valence-electron chi connectivity index (χ4n) is 1.52. The highest BCUT2D eigenvalue weighted by molar-refractivity contribution is 5.94. The van der Waals surface area contributed by atoms with Crippen molar-refractivity contribution in [2.75, 3.05) is 19.1 Å². The summed E-state index contributed by atoms with van der Waals surface area (Å²) < 4.78 is 5.07. The van der Waals surface area contributed by atoms with E-state index in [4.69, 9.17) is 9.84 Å². The van der Waals surface area contributed by atoms with Crippen molar-refractivity contribution in [2.24, 2.45) is 0 Å². The van der Waals surface area contributed by atoms with Crippen molar-refractivity contribution in [2.45, 2.75) is 19.4 Å². The van der Waals surface area contributed by atoms with Crippen LogP contribution in [-0.4, -0.2) is 37.3 Å². The predicted octanol–water partition coefficient (Wildman–Crippen LogP) is 1.70. The monoisotopic (exact) mass is 266 g/mol. The minimum Gasteiger partial charge on any atom is -0.497 e. The molecule has 1 aromatic rings. The maximum atomic E-state index is 11.9. The Morgan fingerprint density at radius 3 is 2.68 bits per heavy atom. The van der Waals surface area contributed by atoms with Crippen molar-refractivity contribution in [1.82, 2.24) is 5.32 Å². The van der Waals surface area contributed by atoms with E-state index in [-0.39, 0.29) is 0 Å². The molecular formula is C13H18N2O4. The lowest BCUT2D eigenvalue weighted by Gasteiger charge is -2.21. The van der Waals surface area contributed by atoms with E-state index in [1.54, 1.807) is 38.2 Å². The Bertz CT molecular complexity index is 462. The molecule has 0 saturated heterocycles. The summed E-state index contributed by atoms with van der Waals surface area (Å²) in [4.78, 5) is 24.1. The minimum absolute atomic E-state index is 0.326. The third-order valence-electron chi connectivity index (χ3n) is 2.75. The predicted molar refractivity (Wildman–Crippen MR) is 71.6 cm³/mol. The van der Waals surface area contributed by atoms with Gasteiger partial charge in [0.1, 0.15) is 11.8 Å². The molecule has 0 aliphatic rings. The molecule has 2 amide bonds. The number of carbonyl (C=O) groups is 2. The number of urea groups is 1. The summed E-state index contributed by atoms with van der Waals surface area (Å²) in [6.45, 7) is 1.70. The van der Waals surface area contributed by atoms with Crippen LogP contribution < -0.4 is 15.0 Å². The van der Waals surface area contributed by atoms with Crippen LogP contribution >= 0.6 is 0 Å². The van der Waals surface area contributed by atoms with Gasteiger partial charge in [-0.15, -0.1) is 0 Å². The Labute approximate surface area is 112 Å². The molecule has 1 rings (SSSR count). The second kappa shape index (κ2) is 6.63. The highest BCUT2D eigenvalue weighted by atomic mass is 16.5. The Hall–Kier alpha value is -2.24. The number of nitrogens with zero attached hydrogens (tertiary/aromatic N) is 1. The molecule has 0 aliphatic heterocycles. The summed E-state index contributed by atoms with van der Waals surface area (Å²) in [7, 11) is 3.11. The second-order valence-corrected chi connectivity index (χ2v) is 4.01. The van der Waals surface area contributed by atoms with Crippen molar-refractivity contribution in [3.63, 3.8) is 0 Å². The van der Waals surface area contributed by atoms with E-state index in [0.29, 0.717) is 17.9 Å². The van der Waals surface area contributed by atoms with Crippen LogP contribution in [-0.2, 0) is 4.79 Å². The summed E-state index contributed by atoms with van der Waals surface area (Å²) in [6.07, 6.45) is 0.326. The van der Waals surface area contributed by atoms with Crippen LogP contribution in [0.1, 0.15) is 13.3 Å². The van der Waals surface area contributed by atoms with Gasteiger partial charge in [0.2, 0.25) is 0 Å². The van der Waals surface area contributed by atoms with Gasteiger partial charge in [-0.3, -0.25) is 4.90 Å². The molecule has 0 aliphatic carbocycles. The smallest absolute Gasteiger partial charge is 0.326 e. The number of anilines is 1. The fourth-order valence-corrected chi connectivity index (χ4v) is 1.52. The number of nitrogens with one attached hydrogen (secondary N) is 1. The third kappa shape index (κ3) is 3.87. The van der Waals surface area contributed by atoms with E-state index in [1.807, 2.05) is 0 Å². The van der Waals surface area contributed by atoms with Gasteiger partial charge in [-0.25, -0.2) is 9.59 Å². The molecule has 2 N–H and O–H groups in total. The van der Waals surface area contributed by atoms with Crippen LogP contribution in [0.25, 0.3) is 0 Å². The van der Waals surface area contributed by atoms with Crippen molar-refractivity contribution in [3.8, 4) is 5.75 Å². The normalized spacial score (nSPS) is 11.5. The highest BCUT2D eigenvalue weighted by Crippen LogP contribution is 2.19. The summed E-state index contributed by atoms with van der Waals surface area (Å²) in [6, 6.07) is 5.60. The molecule has 0 fully saturated rings. The van der Waals surface area contributed by atoms with Gasteiger partial charge in [-0.1, -0.05) is 13.0 Å². The van der Waals surface area contributed by atoms with Crippen molar-refractivity contribution in [3.05, 3.63) is 24.3 Å². The summed E-state index contributed by atoms with van der Waals surface area (Å²) in [5.41, 5.74) is 0.622. The zero-order valence-corrected chi connectivity index (χ0v) is 11.2. The molecule has 6 nitrogen and oxygen atoms in total. The number of methoxy groups -OCH3 is 1. The summed E-state index contributed by atoms with van der Waals surface area (Å²) in [5.74, 6) is -0.419. The standard InChI is InChI=1S/C13H18N2O4/c1-4-11(12(16)17)14-13(18)15(2)9-6-5-7-10(8-9)19-3/h5-8,11H,4H2,1-3H3,(H,14,18)(H,16,17)/t11-/m0/s1. The molecule has 1 atom stereocenters. The molecule has 1 aromatic carbocycles. The van der Waals surface area contributed by atoms with Gasteiger partial charge in [-0.2, -0.15) is 0 Å². The Morgan fingerprint density at radius 1 is 1.47 bits per heavy atom. The van der Waals surface area contributed by atoms with Crippen LogP contribution in [0.2, 0.25) is 0 Å². The molecule has 0 bridgehead atoms. The van der Waals surface area contributed by atoms with E-state index in [1.165, 1.54) is 12.0 Å². The first-order valence-electron chi connectivity index (χ1n) is 5.90. The molecule has 0 spiro atoms. The Kier molecular flexibility index (Phi) is 5.17. The van der Waals surface area contributed by atoms with Crippen molar-refractivity contribution >= 4 is 17.7 Å². The molecule has 0 heterocycles. The van der Waals surface area contributed by atoms with Crippen LogP contribution in [0.15, 0.2) is 24.3 Å². The van der Waals surface area contributed by atoms with Crippen LogP contribution in [0.3, 0.4) is 0 Å². The van der Waals surface area contributed by atoms with Gasteiger partial charge in [0.05, 0.1) is 7.11 Å². The zero-order valence-electron chi connectivity index (χ0n) is 11.2. The third-order valence-corrected chi connectivity index (χ3v) is 2.75. The van der Waals surface area contributed by atoms with E-state index >= 15 is 0 Å². The Balaban J connectivity index is 2.78.